The number of aromatic nitrogens is 2. The third-order valence-electron chi connectivity index (χ3n) is 3.39. The number of rotatable bonds is 3. The third kappa shape index (κ3) is 2.33. The molecular formula is C12H15N3O2S2. The minimum Gasteiger partial charge on any atom is -0.281 e. The van der Waals surface area contributed by atoms with Crippen molar-refractivity contribution >= 4 is 21.4 Å². The Morgan fingerprint density at radius 1 is 1.37 bits per heavy atom. The highest BCUT2D eigenvalue weighted by Crippen LogP contribution is 2.35. The number of piperidine rings is 1. The topological polar surface area (TPSA) is 66.1 Å². The number of aromatic amines is 1. The Bertz CT molecular complexity index is 620. The number of nitrogens with zero attached hydrogens (tertiary/aromatic N) is 2. The molecule has 3 heterocycles. The van der Waals surface area contributed by atoms with Crippen LogP contribution in [0.25, 0.3) is 0 Å². The Hall–Kier alpha value is -1.18. The molecule has 1 aliphatic heterocycles. The van der Waals surface area contributed by atoms with Crippen LogP contribution >= 0.6 is 11.3 Å². The van der Waals surface area contributed by atoms with Crippen LogP contribution in [0.1, 0.15) is 31.0 Å². The molecule has 19 heavy (non-hydrogen) atoms. The molecule has 0 aromatic carbocycles. The van der Waals surface area contributed by atoms with Gasteiger partial charge in [-0.05, 0) is 30.4 Å². The smallest absolute Gasteiger partial charge is 0.253 e. The van der Waals surface area contributed by atoms with Crippen molar-refractivity contribution in [3.05, 3.63) is 35.5 Å². The average molecular weight is 297 g/mol. The summed E-state index contributed by atoms with van der Waals surface area (Å²) >= 11 is 1.27. The molecule has 2 aromatic rings. The molecule has 1 atom stereocenters. The fraction of sp³-hybridized carbons (Fsp3) is 0.417. The first-order valence-electron chi connectivity index (χ1n) is 6.24. The number of sulfonamides is 1. The van der Waals surface area contributed by atoms with Gasteiger partial charge < -0.3 is 0 Å². The van der Waals surface area contributed by atoms with Gasteiger partial charge in [0.25, 0.3) is 10.0 Å². The van der Waals surface area contributed by atoms with E-state index in [0.717, 1.165) is 25.0 Å². The highest BCUT2D eigenvalue weighted by atomic mass is 32.2. The van der Waals surface area contributed by atoms with Gasteiger partial charge in [-0.25, -0.2) is 8.42 Å². The Balaban J connectivity index is 1.97. The summed E-state index contributed by atoms with van der Waals surface area (Å²) in [5.41, 5.74) is 0.875. The van der Waals surface area contributed by atoms with Gasteiger partial charge in [-0.1, -0.05) is 12.5 Å². The number of thiophene rings is 1. The zero-order valence-corrected chi connectivity index (χ0v) is 12.0. The van der Waals surface area contributed by atoms with E-state index in [1.807, 2.05) is 6.07 Å². The molecule has 0 aliphatic carbocycles. The Labute approximate surface area is 116 Å². The van der Waals surface area contributed by atoms with Gasteiger partial charge in [0.1, 0.15) is 4.21 Å². The Kier molecular flexibility index (Phi) is 3.42. The van der Waals surface area contributed by atoms with Crippen LogP contribution in [-0.4, -0.2) is 29.5 Å². The molecule has 1 aliphatic rings. The van der Waals surface area contributed by atoms with Crippen molar-refractivity contribution in [1.29, 1.82) is 0 Å². The van der Waals surface area contributed by atoms with Crippen molar-refractivity contribution in [3.63, 3.8) is 0 Å². The van der Waals surface area contributed by atoms with Crippen LogP contribution in [0.3, 0.4) is 0 Å². The van der Waals surface area contributed by atoms with Crippen molar-refractivity contribution in [2.24, 2.45) is 0 Å². The summed E-state index contributed by atoms with van der Waals surface area (Å²) in [6, 6.07) is 5.17. The third-order valence-corrected chi connectivity index (χ3v) is 6.67. The maximum atomic E-state index is 12.7. The van der Waals surface area contributed by atoms with Crippen LogP contribution in [0.15, 0.2) is 34.0 Å². The lowest BCUT2D eigenvalue weighted by Gasteiger charge is -2.33. The largest absolute Gasteiger partial charge is 0.281 e. The first-order valence-corrected chi connectivity index (χ1v) is 8.56. The highest BCUT2D eigenvalue weighted by Gasteiger charge is 2.35. The molecule has 0 unspecified atom stereocenters. The maximum absolute atomic E-state index is 12.7. The van der Waals surface area contributed by atoms with Gasteiger partial charge in [0.05, 0.1) is 11.7 Å². The van der Waals surface area contributed by atoms with E-state index in [1.54, 1.807) is 28.0 Å². The summed E-state index contributed by atoms with van der Waals surface area (Å²) in [5, 5.41) is 8.63. The zero-order valence-electron chi connectivity index (χ0n) is 10.3. The van der Waals surface area contributed by atoms with E-state index in [4.69, 9.17) is 0 Å². The molecule has 102 valence electrons. The van der Waals surface area contributed by atoms with Crippen LogP contribution in [0.5, 0.6) is 0 Å². The van der Waals surface area contributed by atoms with E-state index in [0.29, 0.717) is 10.8 Å². The van der Waals surface area contributed by atoms with Crippen molar-refractivity contribution in [3.8, 4) is 0 Å². The summed E-state index contributed by atoms with van der Waals surface area (Å²) in [5.74, 6) is 0. The summed E-state index contributed by atoms with van der Waals surface area (Å²) in [6.45, 7) is 0.573. The monoisotopic (exact) mass is 297 g/mol. The first kappa shape index (κ1) is 12.8. The van der Waals surface area contributed by atoms with Gasteiger partial charge in [-0.3, -0.25) is 5.10 Å². The van der Waals surface area contributed by atoms with Crippen LogP contribution < -0.4 is 0 Å². The molecular weight excluding hydrogens is 282 g/mol. The summed E-state index contributed by atoms with van der Waals surface area (Å²) in [6.07, 6.45) is 4.46. The minimum absolute atomic E-state index is 0.122. The molecule has 0 saturated carbocycles. The molecule has 7 heteroatoms. The van der Waals surface area contributed by atoms with Gasteiger partial charge in [0.15, 0.2) is 0 Å². The lowest BCUT2D eigenvalue weighted by Crippen LogP contribution is -2.38. The van der Waals surface area contributed by atoms with Gasteiger partial charge in [0, 0.05) is 12.7 Å². The van der Waals surface area contributed by atoms with E-state index in [-0.39, 0.29) is 6.04 Å². The second-order valence-corrected chi connectivity index (χ2v) is 7.64. The SMILES string of the molecule is O=S(=O)(c1cccs1)N1CCCC[C@@H]1c1ccn[nH]1. The molecule has 0 amide bonds. The summed E-state index contributed by atoms with van der Waals surface area (Å²) < 4.78 is 27.3. The predicted octanol–water partition coefficient (Wildman–Crippen LogP) is 2.39. The highest BCUT2D eigenvalue weighted by molar-refractivity contribution is 7.91. The molecule has 0 radical (unpaired) electrons. The average Bonchev–Trinajstić information content (AvgIpc) is 3.12. The summed E-state index contributed by atoms with van der Waals surface area (Å²) in [4.78, 5) is 0. The van der Waals surface area contributed by atoms with E-state index < -0.39 is 10.0 Å². The van der Waals surface area contributed by atoms with E-state index in [9.17, 15) is 8.42 Å². The van der Waals surface area contributed by atoms with Gasteiger partial charge in [-0.15, -0.1) is 11.3 Å². The molecule has 0 spiro atoms. The Morgan fingerprint density at radius 3 is 2.95 bits per heavy atom. The van der Waals surface area contributed by atoms with E-state index in [1.165, 1.54) is 11.3 Å². The van der Waals surface area contributed by atoms with E-state index >= 15 is 0 Å². The maximum Gasteiger partial charge on any atom is 0.253 e. The fourth-order valence-corrected chi connectivity index (χ4v) is 5.28. The quantitative estimate of drug-likeness (QED) is 0.946. The molecule has 2 aromatic heterocycles. The summed E-state index contributed by atoms with van der Waals surface area (Å²) in [7, 11) is -3.39. The minimum atomic E-state index is -3.39. The lowest BCUT2D eigenvalue weighted by atomic mass is 10.0. The van der Waals surface area contributed by atoms with Crippen LogP contribution in [0.4, 0.5) is 0 Å². The van der Waals surface area contributed by atoms with Crippen molar-refractivity contribution < 1.29 is 8.42 Å². The number of hydrogen-bond acceptors (Lipinski definition) is 4. The van der Waals surface area contributed by atoms with Gasteiger partial charge >= 0.3 is 0 Å². The number of H-pyrrole nitrogens is 1. The second-order valence-electron chi connectivity index (χ2n) is 4.57. The predicted molar refractivity (Wildman–Crippen MR) is 73.4 cm³/mol. The van der Waals surface area contributed by atoms with Gasteiger partial charge in [0.2, 0.25) is 0 Å². The van der Waals surface area contributed by atoms with Crippen LogP contribution in [-0.2, 0) is 10.0 Å². The standard InChI is InChI=1S/C12H15N3O2S2/c16-19(17,12-5-3-9-18-12)15-8-2-1-4-11(15)10-6-7-13-14-10/h3,5-7,9,11H,1-2,4,8H2,(H,13,14)/t11-/m1/s1. The Morgan fingerprint density at radius 2 is 2.26 bits per heavy atom. The normalized spacial score (nSPS) is 21.6. The van der Waals surface area contributed by atoms with Crippen molar-refractivity contribution in [2.75, 3.05) is 6.54 Å². The molecule has 1 N–H and O–H groups in total. The molecule has 3 rings (SSSR count). The number of nitrogens with one attached hydrogen (secondary N) is 1. The van der Waals surface area contributed by atoms with Crippen molar-refractivity contribution in [2.45, 2.75) is 29.5 Å². The van der Waals surface area contributed by atoms with Crippen LogP contribution in [0, 0.1) is 0 Å². The molecule has 5 nitrogen and oxygen atoms in total. The molecule has 0 bridgehead atoms. The van der Waals surface area contributed by atoms with Crippen LogP contribution in [0.2, 0.25) is 0 Å². The number of hydrogen-bond donors (Lipinski definition) is 1. The molecule has 1 saturated heterocycles. The second kappa shape index (κ2) is 5.07. The zero-order chi connectivity index (χ0) is 13.3. The molecule has 1 fully saturated rings. The van der Waals surface area contributed by atoms with E-state index in [2.05, 4.69) is 10.2 Å². The lowest BCUT2D eigenvalue weighted by molar-refractivity contribution is 0.252. The van der Waals surface area contributed by atoms with Gasteiger partial charge in [-0.2, -0.15) is 9.40 Å². The van der Waals surface area contributed by atoms with Crippen molar-refractivity contribution in [1.82, 2.24) is 14.5 Å². The fourth-order valence-electron chi connectivity index (χ4n) is 2.48. The first-order chi connectivity index (χ1) is 9.19.